The fourth-order valence-corrected chi connectivity index (χ4v) is 1.18. The molecule has 1 atom stereocenters. The number of rotatable bonds is 5. The molecule has 0 bridgehead atoms. The highest BCUT2D eigenvalue weighted by molar-refractivity contribution is 5.91. The summed E-state index contributed by atoms with van der Waals surface area (Å²) in [4.78, 5) is 11.5. The Morgan fingerprint density at radius 1 is 1.73 bits per heavy atom. The van der Waals surface area contributed by atoms with E-state index in [0.29, 0.717) is 12.4 Å². The van der Waals surface area contributed by atoms with Crippen molar-refractivity contribution in [2.75, 3.05) is 11.9 Å². The minimum atomic E-state index is -0.184. The fourth-order valence-electron chi connectivity index (χ4n) is 1.18. The van der Waals surface area contributed by atoms with E-state index in [-0.39, 0.29) is 11.8 Å². The van der Waals surface area contributed by atoms with Gasteiger partial charge in [-0.05, 0) is 6.42 Å². The molecule has 0 aliphatic heterocycles. The Labute approximate surface area is 89.4 Å². The highest BCUT2D eigenvalue weighted by Crippen LogP contribution is 2.08. The van der Waals surface area contributed by atoms with Gasteiger partial charge in [-0.3, -0.25) is 9.89 Å². The topological polar surface area (TPSA) is 83.8 Å². The summed E-state index contributed by atoms with van der Waals surface area (Å²) in [5, 5.41) is 9.58. The van der Waals surface area contributed by atoms with E-state index in [9.17, 15) is 4.79 Å². The molecule has 0 aliphatic rings. The number of nitrogens with two attached hydrogens (primary N) is 1. The van der Waals surface area contributed by atoms with E-state index in [1.54, 1.807) is 6.92 Å². The van der Waals surface area contributed by atoms with Gasteiger partial charge in [-0.2, -0.15) is 5.10 Å². The van der Waals surface area contributed by atoms with Crippen LogP contribution in [0, 0.1) is 5.92 Å². The van der Waals surface area contributed by atoms with Crippen molar-refractivity contribution in [3.63, 3.8) is 0 Å². The number of nitrogens with zero attached hydrogens (tertiary/aromatic N) is 1. The number of carbonyl (C=O) groups is 1. The van der Waals surface area contributed by atoms with E-state index in [0.717, 1.165) is 18.5 Å². The Morgan fingerprint density at radius 3 is 3.07 bits per heavy atom. The zero-order valence-corrected chi connectivity index (χ0v) is 9.21. The third-order valence-electron chi connectivity index (χ3n) is 2.20. The summed E-state index contributed by atoms with van der Waals surface area (Å²) >= 11 is 0. The Kier molecular flexibility index (Phi) is 4.30. The predicted molar refractivity (Wildman–Crippen MR) is 59.4 cm³/mol. The molecule has 4 N–H and O–H groups in total. The van der Waals surface area contributed by atoms with E-state index in [4.69, 9.17) is 5.73 Å². The van der Waals surface area contributed by atoms with Crippen LogP contribution in [0.5, 0.6) is 0 Å². The van der Waals surface area contributed by atoms with Crippen LogP contribution in [0.4, 0.5) is 5.82 Å². The molecule has 15 heavy (non-hydrogen) atoms. The van der Waals surface area contributed by atoms with E-state index >= 15 is 0 Å². The summed E-state index contributed by atoms with van der Waals surface area (Å²) < 4.78 is 0. The SMILES string of the molecule is CCCc1cc(NC(=O)C(C)CN)n[nH]1. The van der Waals surface area contributed by atoms with Crippen LogP contribution in [-0.4, -0.2) is 22.6 Å². The molecule has 1 rings (SSSR count). The van der Waals surface area contributed by atoms with Gasteiger partial charge in [-0.1, -0.05) is 20.3 Å². The van der Waals surface area contributed by atoms with Crippen LogP contribution in [0.3, 0.4) is 0 Å². The van der Waals surface area contributed by atoms with Gasteiger partial charge in [0.1, 0.15) is 0 Å². The van der Waals surface area contributed by atoms with E-state index in [1.807, 2.05) is 6.07 Å². The fraction of sp³-hybridized carbons (Fsp3) is 0.600. The van der Waals surface area contributed by atoms with Crippen molar-refractivity contribution >= 4 is 11.7 Å². The number of nitrogens with one attached hydrogen (secondary N) is 2. The lowest BCUT2D eigenvalue weighted by atomic mass is 10.2. The summed E-state index contributed by atoms with van der Waals surface area (Å²) in [6, 6.07) is 1.85. The second-order valence-electron chi connectivity index (χ2n) is 3.65. The molecule has 0 spiro atoms. The van der Waals surface area contributed by atoms with Crippen LogP contribution in [0.1, 0.15) is 26.0 Å². The molecule has 1 amide bonds. The maximum atomic E-state index is 11.5. The number of carbonyl (C=O) groups excluding carboxylic acids is 1. The molecule has 5 heteroatoms. The van der Waals surface area contributed by atoms with Gasteiger partial charge in [0, 0.05) is 24.2 Å². The molecular formula is C10H18N4O. The first-order chi connectivity index (χ1) is 7.17. The van der Waals surface area contributed by atoms with Crippen LogP contribution in [0.15, 0.2) is 6.07 Å². The molecular weight excluding hydrogens is 192 g/mol. The number of hydrogen-bond donors (Lipinski definition) is 3. The lowest BCUT2D eigenvalue weighted by Gasteiger charge is -2.06. The van der Waals surface area contributed by atoms with Crippen molar-refractivity contribution in [1.82, 2.24) is 10.2 Å². The molecule has 0 radical (unpaired) electrons. The largest absolute Gasteiger partial charge is 0.330 e. The number of aromatic nitrogens is 2. The van der Waals surface area contributed by atoms with Crippen LogP contribution in [0.25, 0.3) is 0 Å². The molecule has 84 valence electrons. The molecule has 1 aromatic rings. The van der Waals surface area contributed by atoms with Crippen molar-refractivity contribution in [2.24, 2.45) is 11.7 Å². The number of hydrogen-bond acceptors (Lipinski definition) is 3. The van der Waals surface area contributed by atoms with Gasteiger partial charge >= 0.3 is 0 Å². The number of H-pyrrole nitrogens is 1. The zero-order valence-electron chi connectivity index (χ0n) is 9.21. The predicted octanol–water partition coefficient (Wildman–Crippen LogP) is 0.895. The van der Waals surface area contributed by atoms with Gasteiger partial charge in [0.05, 0.1) is 0 Å². The number of aryl methyl sites for hydroxylation is 1. The second-order valence-corrected chi connectivity index (χ2v) is 3.65. The summed E-state index contributed by atoms with van der Waals surface area (Å²) in [6.07, 6.45) is 1.99. The standard InChI is InChI=1S/C10H18N4O/c1-3-4-8-5-9(14-13-8)12-10(15)7(2)6-11/h5,7H,3-4,6,11H2,1-2H3,(H2,12,13,14,15). The smallest absolute Gasteiger partial charge is 0.229 e. The number of aromatic amines is 1. The minimum absolute atomic E-state index is 0.0907. The van der Waals surface area contributed by atoms with E-state index in [2.05, 4.69) is 22.4 Å². The number of amides is 1. The summed E-state index contributed by atoms with van der Waals surface area (Å²) in [5.74, 6) is 0.298. The van der Waals surface area contributed by atoms with Gasteiger partial charge in [-0.15, -0.1) is 0 Å². The Morgan fingerprint density at radius 2 is 2.47 bits per heavy atom. The summed E-state index contributed by atoms with van der Waals surface area (Å²) in [5.41, 5.74) is 6.43. The Balaban J connectivity index is 2.53. The second kappa shape index (κ2) is 5.50. The normalized spacial score (nSPS) is 12.5. The minimum Gasteiger partial charge on any atom is -0.330 e. The third-order valence-corrected chi connectivity index (χ3v) is 2.20. The summed E-state index contributed by atoms with van der Waals surface area (Å²) in [7, 11) is 0. The van der Waals surface area contributed by atoms with Gasteiger partial charge in [-0.25, -0.2) is 0 Å². The molecule has 1 unspecified atom stereocenters. The molecule has 0 fully saturated rings. The van der Waals surface area contributed by atoms with Gasteiger partial charge in [0.25, 0.3) is 0 Å². The zero-order chi connectivity index (χ0) is 11.3. The van der Waals surface area contributed by atoms with Crippen molar-refractivity contribution in [1.29, 1.82) is 0 Å². The summed E-state index contributed by atoms with van der Waals surface area (Å²) in [6.45, 7) is 4.22. The maximum absolute atomic E-state index is 11.5. The van der Waals surface area contributed by atoms with E-state index < -0.39 is 0 Å². The highest BCUT2D eigenvalue weighted by atomic mass is 16.1. The molecule has 1 aromatic heterocycles. The third kappa shape index (κ3) is 3.36. The lowest BCUT2D eigenvalue weighted by Crippen LogP contribution is -2.26. The highest BCUT2D eigenvalue weighted by Gasteiger charge is 2.12. The van der Waals surface area contributed by atoms with Gasteiger partial charge < -0.3 is 11.1 Å². The molecule has 5 nitrogen and oxygen atoms in total. The average molecular weight is 210 g/mol. The first-order valence-electron chi connectivity index (χ1n) is 5.22. The quantitative estimate of drug-likeness (QED) is 0.675. The van der Waals surface area contributed by atoms with Gasteiger partial charge in [0.2, 0.25) is 5.91 Å². The molecule has 0 aliphatic carbocycles. The molecule has 1 heterocycles. The molecule has 0 saturated heterocycles. The molecule has 0 aromatic carbocycles. The van der Waals surface area contributed by atoms with Crippen molar-refractivity contribution in [3.05, 3.63) is 11.8 Å². The Bertz CT molecular complexity index is 321. The molecule has 0 saturated carbocycles. The van der Waals surface area contributed by atoms with Crippen molar-refractivity contribution < 1.29 is 4.79 Å². The number of anilines is 1. The van der Waals surface area contributed by atoms with Crippen LogP contribution < -0.4 is 11.1 Å². The van der Waals surface area contributed by atoms with Crippen LogP contribution in [-0.2, 0) is 11.2 Å². The van der Waals surface area contributed by atoms with Crippen LogP contribution >= 0.6 is 0 Å². The van der Waals surface area contributed by atoms with Crippen molar-refractivity contribution in [2.45, 2.75) is 26.7 Å². The average Bonchev–Trinajstić information content (AvgIpc) is 2.65. The van der Waals surface area contributed by atoms with Gasteiger partial charge in [0.15, 0.2) is 5.82 Å². The monoisotopic (exact) mass is 210 g/mol. The van der Waals surface area contributed by atoms with Crippen molar-refractivity contribution in [3.8, 4) is 0 Å². The lowest BCUT2D eigenvalue weighted by molar-refractivity contribution is -0.119. The van der Waals surface area contributed by atoms with E-state index in [1.165, 1.54) is 0 Å². The first-order valence-corrected chi connectivity index (χ1v) is 5.22. The Hall–Kier alpha value is -1.36. The first kappa shape index (κ1) is 11.7. The maximum Gasteiger partial charge on any atom is 0.229 e. The van der Waals surface area contributed by atoms with Crippen LogP contribution in [0.2, 0.25) is 0 Å².